The Morgan fingerprint density at radius 1 is 0.878 bits per heavy atom. The van der Waals surface area contributed by atoms with Crippen molar-refractivity contribution in [3.8, 4) is 11.5 Å². The second-order valence-corrected chi connectivity index (χ2v) is 12.0. The van der Waals surface area contributed by atoms with E-state index in [-0.39, 0.29) is 30.7 Å². The number of ether oxygens (including phenoxy) is 2. The SMILES string of the molecule is COc1ccc(/C=C2\SC(=S)N(CCC(=O)N3CCN(C4=NC(=O)/C(=C\c5ccc(OC)cc5)S4)CC3)C2=O)cc1. The lowest BCUT2D eigenvalue weighted by Gasteiger charge is -2.35. The minimum absolute atomic E-state index is 0.0324. The fourth-order valence-electron chi connectivity index (χ4n) is 4.44. The van der Waals surface area contributed by atoms with Crippen LogP contribution in [0.5, 0.6) is 11.5 Å². The van der Waals surface area contributed by atoms with E-state index >= 15 is 0 Å². The van der Waals surface area contributed by atoms with Crippen LogP contribution in [0, 0.1) is 0 Å². The van der Waals surface area contributed by atoms with Gasteiger partial charge in [-0.05, 0) is 59.3 Å². The van der Waals surface area contributed by atoms with Crippen molar-refractivity contribution in [2.24, 2.45) is 4.99 Å². The summed E-state index contributed by atoms with van der Waals surface area (Å²) >= 11 is 8.02. The maximum absolute atomic E-state index is 13.0. The van der Waals surface area contributed by atoms with Crippen LogP contribution in [0.1, 0.15) is 17.5 Å². The summed E-state index contributed by atoms with van der Waals surface area (Å²) < 4.78 is 10.8. The molecule has 2 saturated heterocycles. The summed E-state index contributed by atoms with van der Waals surface area (Å²) in [5.41, 5.74) is 1.77. The highest BCUT2D eigenvalue weighted by Crippen LogP contribution is 2.33. The standard InChI is InChI=1S/C29H28N4O5S3/c1-37-21-7-3-19(4-8-21)17-23-26(35)30-28(40-23)32-15-13-31(14-16-32)25(34)11-12-33-27(36)24(41-29(33)39)18-20-5-9-22(38-2)10-6-20/h3-10,17-18H,11-16H2,1-2H3/b23-17+,24-18-. The number of nitrogens with zero attached hydrogens (tertiary/aromatic N) is 4. The number of methoxy groups -OCH3 is 2. The molecule has 0 N–H and O–H groups in total. The van der Waals surface area contributed by atoms with E-state index in [2.05, 4.69) is 4.99 Å². The Morgan fingerprint density at radius 2 is 1.44 bits per heavy atom. The van der Waals surface area contributed by atoms with Gasteiger partial charge in [0.1, 0.15) is 15.8 Å². The quantitative estimate of drug-likeness (QED) is 0.340. The Balaban J connectivity index is 1.10. The van der Waals surface area contributed by atoms with Crippen molar-refractivity contribution in [2.45, 2.75) is 6.42 Å². The van der Waals surface area contributed by atoms with Crippen LogP contribution in [0.2, 0.25) is 0 Å². The minimum atomic E-state index is -0.260. The molecule has 0 radical (unpaired) electrons. The van der Waals surface area contributed by atoms with Crippen molar-refractivity contribution in [2.75, 3.05) is 46.9 Å². The van der Waals surface area contributed by atoms with E-state index in [4.69, 9.17) is 21.7 Å². The van der Waals surface area contributed by atoms with Gasteiger partial charge in [0, 0.05) is 39.1 Å². The van der Waals surface area contributed by atoms with Crippen molar-refractivity contribution in [3.63, 3.8) is 0 Å². The summed E-state index contributed by atoms with van der Waals surface area (Å²) in [7, 11) is 3.21. The molecule has 9 nitrogen and oxygen atoms in total. The summed E-state index contributed by atoms with van der Waals surface area (Å²) in [4.78, 5) is 49.1. The lowest BCUT2D eigenvalue weighted by atomic mass is 10.2. The van der Waals surface area contributed by atoms with E-state index < -0.39 is 0 Å². The van der Waals surface area contributed by atoms with Crippen LogP contribution in [0.25, 0.3) is 12.2 Å². The molecule has 3 amide bonds. The second-order valence-electron chi connectivity index (χ2n) is 9.31. The number of aliphatic imine (C=N–C) groups is 1. The average molecular weight is 609 g/mol. The molecular formula is C29H28N4O5S3. The second kappa shape index (κ2) is 12.9. The van der Waals surface area contributed by atoms with E-state index in [9.17, 15) is 14.4 Å². The molecule has 3 heterocycles. The smallest absolute Gasteiger partial charge is 0.286 e. The number of amidine groups is 1. The third kappa shape index (κ3) is 6.83. The van der Waals surface area contributed by atoms with Gasteiger partial charge >= 0.3 is 0 Å². The number of rotatable bonds is 7. The maximum atomic E-state index is 13.0. The molecule has 0 bridgehead atoms. The van der Waals surface area contributed by atoms with Gasteiger partial charge in [-0.25, -0.2) is 0 Å². The zero-order valence-electron chi connectivity index (χ0n) is 22.6. The Bertz CT molecular complexity index is 1450. The number of carbonyl (C=O) groups is 3. The fraction of sp³-hybridized carbons (Fsp3) is 0.276. The molecule has 2 fully saturated rings. The molecule has 2 aromatic rings. The summed E-state index contributed by atoms with van der Waals surface area (Å²) in [6.45, 7) is 2.42. The first kappa shape index (κ1) is 28.9. The molecule has 0 saturated carbocycles. The zero-order chi connectivity index (χ0) is 28.9. The molecular weight excluding hydrogens is 581 g/mol. The molecule has 5 rings (SSSR count). The largest absolute Gasteiger partial charge is 0.497 e. The van der Waals surface area contributed by atoms with Crippen LogP contribution in [-0.2, 0) is 14.4 Å². The fourth-order valence-corrected chi connectivity index (χ4v) is 6.72. The van der Waals surface area contributed by atoms with Gasteiger partial charge in [-0.2, -0.15) is 4.99 Å². The average Bonchev–Trinajstić information content (AvgIpc) is 3.49. The molecule has 0 spiro atoms. The monoisotopic (exact) mass is 608 g/mol. The van der Waals surface area contributed by atoms with Gasteiger partial charge in [-0.1, -0.05) is 48.2 Å². The van der Waals surface area contributed by atoms with Crippen molar-refractivity contribution in [1.29, 1.82) is 0 Å². The van der Waals surface area contributed by atoms with Crippen molar-refractivity contribution < 1.29 is 23.9 Å². The van der Waals surface area contributed by atoms with E-state index in [0.717, 1.165) is 22.6 Å². The number of benzene rings is 2. The third-order valence-corrected chi connectivity index (χ3v) is 9.18. The lowest BCUT2D eigenvalue weighted by molar-refractivity contribution is -0.133. The highest BCUT2D eigenvalue weighted by molar-refractivity contribution is 8.26. The number of hydrogen-bond acceptors (Lipinski definition) is 9. The molecule has 3 aliphatic heterocycles. The highest BCUT2D eigenvalue weighted by atomic mass is 32.2. The molecule has 0 aliphatic carbocycles. The Hall–Kier alpha value is -3.61. The molecule has 0 atom stereocenters. The summed E-state index contributed by atoms with van der Waals surface area (Å²) in [5.74, 6) is 1.01. The normalized spacial score (nSPS) is 19.4. The number of amides is 3. The van der Waals surface area contributed by atoms with Crippen LogP contribution in [-0.4, -0.2) is 88.9 Å². The predicted octanol–water partition coefficient (Wildman–Crippen LogP) is 4.11. The van der Waals surface area contributed by atoms with Crippen LogP contribution in [0.3, 0.4) is 0 Å². The van der Waals surface area contributed by atoms with Crippen LogP contribution < -0.4 is 9.47 Å². The maximum Gasteiger partial charge on any atom is 0.286 e. The molecule has 0 aromatic heterocycles. The first-order chi connectivity index (χ1) is 19.8. The molecule has 41 heavy (non-hydrogen) atoms. The number of carbonyl (C=O) groups excluding carboxylic acids is 3. The molecule has 0 unspecified atom stereocenters. The molecule has 12 heteroatoms. The Kier molecular flexibility index (Phi) is 9.11. The molecule has 212 valence electrons. The van der Waals surface area contributed by atoms with Crippen molar-refractivity contribution >= 4 is 75.1 Å². The van der Waals surface area contributed by atoms with Gasteiger partial charge < -0.3 is 19.3 Å². The van der Waals surface area contributed by atoms with E-state index in [1.54, 1.807) is 25.2 Å². The van der Waals surface area contributed by atoms with Gasteiger partial charge in [0.15, 0.2) is 5.17 Å². The van der Waals surface area contributed by atoms with Crippen LogP contribution in [0.15, 0.2) is 63.3 Å². The highest BCUT2D eigenvalue weighted by Gasteiger charge is 2.33. The summed E-state index contributed by atoms with van der Waals surface area (Å²) in [5, 5.41) is 0.656. The number of thiocarbonyl (C=S) groups is 1. The summed E-state index contributed by atoms with van der Waals surface area (Å²) in [6, 6.07) is 14.9. The first-order valence-electron chi connectivity index (χ1n) is 12.9. The van der Waals surface area contributed by atoms with E-state index in [1.165, 1.54) is 28.4 Å². The molecule has 3 aliphatic rings. The summed E-state index contributed by atoms with van der Waals surface area (Å²) in [6.07, 6.45) is 3.81. The molecule has 2 aromatic carbocycles. The van der Waals surface area contributed by atoms with Crippen LogP contribution in [0.4, 0.5) is 0 Å². The third-order valence-electron chi connectivity index (χ3n) is 6.76. The van der Waals surface area contributed by atoms with E-state index in [0.29, 0.717) is 45.5 Å². The predicted molar refractivity (Wildman–Crippen MR) is 167 cm³/mol. The topological polar surface area (TPSA) is 91.8 Å². The van der Waals surface area contributed by atoms with Crippen molar-refractivity contribution in [3.05, 3.63) is 69.5 Å². The zero-order valence-corrected chi connectivity index (χ0v) is 25.0. The Labute approximate surface area is 252 Å². The minimum Gasteiger partial charge on any atom is -0.497 e. The Morgan fingerprint density at radius 3 is 2.00 bits per heavy atom. The van der Waals surface area contributed by atoms with Gasteiger partial charge in [-0.15, -0.1) is 0 Å². The van der Waals surface area contributed by atoms with Gasteiger partial charge in [0.2, 0.25) is 5.91 Å². The van der Waals surface area contributed by atoms with Crippen molar-refractivity contribution in [1.82, 2.24) is 14.7 Å². The van der Waals surface area contributed by atoms with Gasteiger partial charge in [0.05, 0.1) is 24.0 Å². The first-order valence-corrected chi connectivity index (χ1v) is 15.0. The van der Waals surface area contributed by atoms with Gasteiger partial charge in [0.25, 0.3) is 11.8 Å². The number of piperazine rings is 1. The number of hydrogen-bond donors (Lipinski definition) is 0. The van der Waals surface area contributed by atoms with E-state index in [1.807, 2.05) is 59.5 Å². The lowest BCUT2D eigenvalue weighted by Crippen LogP contribution is -2.50. The van der Waals surface area contributed by atoms with Gasteiger partial charge in [-0.3, -0.25) is 19.3 Å². The number of thioether (sulfide) groups is 2. The van der Waals surface area contributed by atoms with Crippen LogP contribution >= 0.6 is 35.7 Å².